The minimum absolute atomic E-state index is 0. The summed E-state index contributed by atoms with van der Waals surface area (Å²) < 4.78 is 11.0. The van der Waals surface area contributed by atoms with Crippen molar-refractivity contribution in [2.45, 2.75) is 45.7 Å². The van der Waals surface area contributed by atoms with Gasteiger partial charge in [0, 0.05) is 30.4 Å². The predicted molar refractivity (Wildman–Crippen MR) is 119 cm³/mol. The second kappa shape index (κ2) is 11.5. The van der Waals surface area contributed by atoms with Gasteiger partial charge in [-0.05, 0) is 52.8 Å². The van der Waals surface area contributed by atoms with Gasteiger partial charge in [0.2, 0.25) is 0 Å². The number of likely N-dealkylation sites (N-methyl/N-ethyl adjacent to an activating group) is 1. The van der Waals surface area contributed by atoms with E-state index in [1.807, 2.05) is 25.1 Å². The smallest absolute Gasteiger partial charge is 0.195 e. The molecule has 0 spiro atoms. The Balaban J connectivity index is 0.00000338. The largest absolute Gasteiger partial charge is 0.493 e. The number of hydrogen-bond acceptors (Lipinski definition) is 4. The van der Waals surface area contributed by atoms with E-state index in [1.165, 1.54) is 12.8 Å². The Morgan fingerprint density at radius 3 is 2.62 bits per heavy atom. The van der Waals surface area contributed by atoms with Gasteiger partial charge in [0.05, 0.1) is 20.3 Å². The van der Waals surface area contributed by atoms with Gasteiger partial charge in [-0.3, -0.25) is 9.89 Å². The van der Waals surface area contributed by atoms with Crippen LogP contribution in [-0.2, 0) is 0 Å². The van der Waals surface area contributed by atoms with Crippen LogP contribution >= 0.6 is 24.0 Å². The van der Waals surface area contributed by atoms with Crippen molar-refractivity contribution in [3.63, 3.8) is 0 Å². The molecular formula is C19H33IN4O2. The van der Waals surface area contributed by atoms with Crippen molar-refractivity contribution in [1.29, 1.82) is 0 Å². The fourth-order valence-electron chi connectivity index (χ4n) is 2.66. The highest BCUT2D eigenvalue weighted by Gasteiger charge is 2.28. The molecule has 0 heterocycles. The summed E-state index contributed by atoms with van der Waals surface area (Å²) >= 11 is 0. The molecule has 0 saturated heterocycles. The van der Waals surface area contributed by atoms with Gasteiger partial charge in [-0.25, -0.2) is 0 Å². The van der Waals surface area contributed by atoms with Crippen LogP contribution in [0.5, 0.6) is 11.5 Å². The van der Waals surface area contributed by atoms with Crippen LogP contribution in [0.4, 0.5) is 5.69 Å². The zero-order valence-corrected chi connectivity index (χ0v) is 18.9. The third kappa shape index (κ3) is 6.83. The lowest BCUT2D eigenvalue weighted by molar-refractivity contribution is 0.253. The lowest BCUT2D eigenvalue weighted by Gasteiger charge is -2.23. The summed E-state index contributed by atoms with van der Waals surface area (Å²) in [5.41, 5.74) is 0.920. The van der Waals surface area contributed by atoms with Crippen molar-refractivity contribution < 1.29 is 9.47 Å². The van der Waals surface area contributed by atoms with E-state index in [2.05, 4.69) is 36.4 Å². The molecule has 0 bridgehead atoms. The first-order valence-corrected chi connectivity index (χ1v) is 9.17. The molecule has 1 aromatic carbocycles. The Morgan fingerprint density at radius 1 is 1.31 bits per heavy atom. The zero-order valence-electron chi connectivity index (χ0n) is 16.5. The Bertz CT molecular complexity index is 579. The maximum absolute atomic E-state index is 5.56. The van der Waals surface area contributed by atoms with Crippen LogP contribution in [-0.4, -0.2) is 56.8 Å². The Hall–Kier alpha value is -1.22. The summed E-state index contributed by atoms with van der Waals surface area (Å²) in [5.74, 6) is 2.24. The van der Waals surface area contributed by atoms with Crippen molar-refractivity contribution in [1.82, 2.24) is 10.2 Å². The molecule has 1 fully saturated rings. The number of rotatable bonds is 9. The van der Waals surface area contributed by atoms with Crippen LogP contribution in [0.3, 0.4) is 0 Å². The van der Waals surface area contributed by atoms with Crippen LogP contribution < -0.4 is 20.1 Å². The van der Waals surface area contributed by atoms with Gasteiger partial charge in [0.1, 0.15) is 0 Å². The van der Waals surface area contributed by atoms with Crippen LogP contribution in [0.25, 0.3) is 0 Å². The van der Waals surface area contributed by atoms with Gasteiger partial charge in [0.25, 0.3) is 0 Å². The van der Waals surface area contributed by atoms with E-state index in [0.29, 0.717) is 18.4 Å². The maximum atomic E-state index is 5.56. The second-order valence-electron chi connectivity index (χ2n) is 6.39. The van der Waals surface area contributed by atoms with Gasteiger partial charge in [0.15, 0.2) is 17.5 Å². The Labute approximate surface area is 174 Å². The number of nitrogens with zero attached hydrogens (tertiary/aromatic N) is 2. The lowest BCUT2D eigenvalue weighted by Crippen LogP contribution is -2.36. The third-order valence-electron chi connectivity index (χ3n) is 4.40. The predicted octanol–water partition coefficient (Wildman–Crippen LogP) is 3.57. The van der Waals surface area contributed by atoms with E-state index in [0.717, 1.165) is 36.5 Å². The molecule has 1 saturated carbocycles. The number of guanidine groups is 1. The molecule has 0 aromatic heterocycles. The summed E-state index contributed by atoms with van der Waals surface area (Å²) in [5, 5.41) is 6.64. The summed E-state index contributed by atoms with van der Waals surface area (Å²) in [6, 6.07) is 6.99. The maximum Gasteiger partial charge on any atom is 0.195 e. The highest BCUT2D eigenvalue weighted by atomic mass is 127. The fourth-order valence-corrected chi connectivity index (χ4v) is 2.66. The Kier molecular flexibility index (Phi) is 10.1. The van der Waals surface area contributed by atoms with Gasteiger partial charge in [-0.1, -0.05) is 0 Å². The van der Waals surface area contributed by atoms with Crippen molar-refractivity contribution in [2.24, 2.45) is 4.99 Å². The number of nitrogens with one attached hydrogen (secondary N) is 2. The normalized spacial score (nSPS) is 15.2. The van der Waals surface area contributed by atoms with E-state index in [1.54, 1.807) is 7.11 Å². The highest BCUT2D eigenvalue weighted by Crippen LogP contribution is 2.30. The average Bonchev–Trinajstić information content (AvgIpc) is 3.45. The van der Waals surface area contributed by atoms with Crippen LogP contribution in [0.15, 0.2) is 23.2 Å². The molecule has 1 aromatic rings. The van der Waals surface area contributed by atoms with E-state index in [9.17, 15) is 0 Å². The van der Waals surface area contributed by atoms with Gasteiger partial charge >= 0.3 is 0 Å². The number of hydrogen-bond donors (Lipinski definition) is 2. The van der Waals surface area contributed by atoms with Crippen LogP contribution in [0.1, 0.15) is 33.6 Å². The molecule has 1 aliphatic carbocycles. The van der Waals surface area contributed by atoms with Crippen molar-refractivity contribution in [3.05, 3.63) is 18.2 Å². The van der Waals surface area contributed by atoms with Crippen LogP contribution in [0.2, 0.25) is 0 Å². The molecule has 1 atom stereocenters. The molecule has 1 aliphatic rings. The molecule has 26 heavy (non-hydrogen) atoms. The number of aliphatic imine (C=N–C) groups is 1. The first kappa shape index (κ1) is 22.8. The summed E-state index contributed by atoms with van der Waals surface area (Å²) in [6.45, 7) is 8.44. The molecule has 0 amide bonds. The zero-order chi connectivity index (χ0) is 18.2. The van der Waals surface area contributed by atoms with Gasteiger partial charge < -0.3 is 20.1 Å². The average molecular weight is 476 g/mol. The number of anilines is 1. The quantitative estimate of drug-likeness (QED) is 0.324. The Morgan fingerprint density at radius 2 is 2.04 bits per heavy atom. The lowest BCUT2D eigenvalue weighted by atomic mass is 10.2. The summed E-state index contributed by atoms with van der Waals surface area (Å²) in [4.78, 5) is 7.16. The number of halogens is 1. The first-order chi connectivity index (χ1) is 12.1. The minimum Gasteiger partial charge on any atom is -0.493 e. The van der Waals surface area contributed by atoms with E-state index >= 15 is 0 Å². The monoisotopic (exact) mass is 476 g/mol. The topological polar surface area (TPSA) is 58.1 Å². The molecule has 0 aliphatic heterocycles. The number of benzene rings is 1. The molecule has 2 rings (SSSR count). The van der Waals surface area contributed by atoms with E-state index in [-0.39, 0.29) is 24.0 Å². The molecular weight excluding hydrogens is 443 g/mol. The van der Waals surface area contributed by atoms with E-state index < -0.39 is 0 Å². The second-order valence-corrected chi connectivity index (χ2v) is 6.39. The number of methoxy groups -OCH3 is 1. The van der Waals surface area contributed by atoms with Crippen LogP contribution in [0, 0.1) is 0 Å². The van der Waals surface area contributed by atoms with Crippen molar-refractivity contribution in [2.75, 3.05) is 39.2 Å². The standard InChI is InChI=1S/C19H32N4O2.HI/c1-6-20-19(21-13-14(3)23(4)16-9-10-16)22-15-8-11-17(25-7-2)18(12-15)24-5;/h8,11-12,14,16H,6-7,9-10,13H2,1-5H3,(H2,20,21,22);1H. The fraction of sp³-hybridized carbons (Fsp3) is 0.632. The summed E-state index contributed by atoms with van der Waals surface area (Å²) in [7, 11) is 3.84. The van der Waals surface area contributed by atoms with Gasteiger partial charge in [-0.2, -0.15) is 0 Å². The third-order valence-corrected chi connectivity index (χ3v) is 4.40. The number of ether oxygens (including phenoxy) is 2. The van der Waals surface area contributed by atoms with Crippen molar-refractivity contribution >= 4 is 35.6 Å². The molecule has 1 unspecified atom stereocenters. The minimum atomic E-state index is 0. The molecule has 148 valence electrons. The molecule has 6 nitrogen and oxygen atoms in total. The first-order valence-electron chi connectivity index (χ1n) is 9.17. The highest BCUT2D eigenvalue weighted by molar-refractivity contribution is 14.0. The molecule has 0 radical (unpaired) electrons. The van der Waals surface area contributed by atoms with Gasteiger partial charge in [-0.15, -0.1) is 24.0 Å². The summed E-state index contributed by atoms with van der Waals surface area (Å²) in [6.07, 6.45) is 2.63. The molecule has 7 heteroatoms. The SMILES string of the molecule is CCNC(=NCC(C)N(C)C1CC1)Nc1ccc(OCC)c(OC)c1.I. The van der Waals surface area contributed by atoms with E-state index in [4.69, 9.17) is 14.5 Å². The van der Waals surface area contributed by atoms with Crippen molar-refractivity contribution in [3.8, 4) is 11.5 Å². The molecule has 2 N–H and O–H groups in total.